The average Bonchev–Trinajstić information content (AvgIpc) is 2.75. The molecule has 0 spiro atoms. The summed E-state index contributed by atoms with van der Waals surface area (Å²) in [6.07, 6.45) is 0.974. The van der Waals surface area contributed by atoms with Crippen molar-refractivity contribution in [2.75, 3.05) is 19.8 Å². The minimum absolute atomic E-state index is 0.260. The molecule has 2 N–H and O–H groups in total. The van der Waals surface area contributed by atoms with Crippen LogP contribution in [0.25, 0.3) is 0 Å². The zero-order valence-corrected chi connectivity index (χ0v) is 12.9. The van der Waals surface area contributed by atoms with Gasteiger partial charge in [0.05, 0.1) is 6.04 Å². The van der Waals surface area contributed by atoms with Gasteiger partial charge in [0.25, 0.3) is 0 Å². The molecule has 0 aromatic carbocycles. The van der Waals surface area contributed by atoms with Crippen LogP contribution in [0.3, 0.4) is 0 Å². The minimum Gasteiger partial charge on any atom is -0.382 e. The van der Waals surface area contributed by atoms with Crippen molar-refractivity contribution in [1.82, 2.24) is 10.6 Å². The summed E-state index contributed by atoms with van der Waals surface area (Å²) in [5, 5.41) is 7.20. The molecule has 0 aliphatic heterocycles. The molecule has 1 aromatic rings. The number of hydrogen-bond donors (Lipinski definition) is 2. The maximum absolute atomic E-state index is 5.27. The van der Waals surface area contributed by atoms with Gasteiger partial charge in [0.2, 0.25) is 0 Å². The number of hydrogen-bond acceptors (Lipinski definition) is 3. The smallest absolute Gasteiger partial charge is 0.166 e. The molecular formula is C13H22N2OS2. The van der Waals surface area contributed by atoms with Gasteiger partial charge in [-0.1, -0.05) is 0 Å². The Hall–Kier alpha value is -0.650. The topological polar surface area (TPSA) is 33.3 Å². The third-order valence-electron chi connectivity index (χ3n) is 2.49. The van der Waals surface area contributed by atoms with Crippen LogP contribution in [0.15, 0.2) is 12.1 Å². The quantitative estimate of drug-likeness (QED) is 0.596. The zero-order chi connectivity index (χ0) is 13.4. The summed E-state index contributed by atoms with van der Waals surface area (Å²) < 4.78 is 5.27. The lowest BCUT2D eigenvalue weighted by Crippen LogP contribution is -2.37. The number of thiophene rings is 1. The lowest BCUT2D eigenvalue weighted by molar-refractivity contribution is 0.145. The fourth-order valence-electron chi connectivity index (χ4n) is 1.53. The number of rotatable bonds is 7. The Balaban J connectivity index is 2.19. The van der Waals surface area contributed by atoms with Crippen LogP contribution in [0.4, 0.5) is 0 Å². The van der Waals surface area contributed by atoms with E-state index in [-0.39, 0.29) is 6.04 Å². The molecule has 0 saturated carbocycles. The van der Waals surface area contributed by atoms with Crippen LogP contribution < -0.4 is 10.6 Å². The number of ether oxygens (including phenoxy) is 1. The van der Waals surface area contributed by atoms with E-state index in [9.17, 15) is 0 Å². The highest BCUT2D eigenvalue weighted by Crippen LogP contribution is 2.21. The normalized spacial score (nSPS) is 12.2. The predicted octanol–water partition coefficient (Wildman–Crippen LogP) is 3.01. The van der Waals surface area contributed by atoms with Gasteiger partial charge in [-0.05, 0) is 51.5 Å². The van der Waals surface area contributed by atoms with E-state index >= 15 is 0 Å². The molecule has 1 unspecified atom stereocenters. The van der Waals surface area contributed by atoms with E-state index in [1.165, 1.54) is 9.75 Å². The van der Waals surface area contributed by atoms with Crippen molar-refractivity contribution < 1.29 is 4.74 Å². The molecule has 5 heteroatoms. The first-order chi connectivity index (χ1) is 8.63. The SMILES string of the molecule is CCOCCCNC(=S)NC(C)c1ccc(C)s1. The van der Waals surface area contributed by atoms with Gasteiger partial charge in [0.15, 0.2) is 5.11 Å². The van der Waals surface area contributed by atoms with Gasteiger partial charge in [-0.25, -0.2) is 0 Å². The fourth-order valence-corrected chi connectivity index (χ4v) is 2.68. The predicted molar refractivity (Wildman–Crippen MR) is 82.3 cm³/mol. The van der Waals surface area contributed by atoms with Crippen molar-refractivity contribution in [2.24, 2.45) is 0 Å². The van der Waals surface area contributed by atoms with Crippen molar-refractivity contribution in [3.8, 4) is 0 Å². The van der Waals surface area contributed by atoms with Crippen molar-refractivity contribution >= 4 is 28.7 Å². The van der Waals surface area contributed by atoms with Gasteiger partial charge in [-0.2, -0.15) is 0 Å². The molecule has 102 valence electrons. The third-order valence-corrected chi connectivity index (χ3v) is 3.94. The molecule has 1 aromatic heterocycles. The van der Waals surface area contributed by atoms with Gasteiger partial charge >= 0.3 is 0 Å². The van der Waals surface area contributed by atoms with Crippen molar-refractivity contribution in [2.45, 2.75) is 33.2 Å². The van der Waals surface area contributed by atoms with Crippen LogP contribution in [0.2, 0.25) is 0 Å². The molecule has 0 aliphatic rings. The van der Waals surface area contributed by atoms with Crippen molar-refractivity contribution in [3.63, 3.8) is 0 Å². The first-order valence-electron chi connectivity index (χ1n) is 6.32. The standard InChI is InChI=1S/C13H22N2OS2/c1-4-16-9-5-8-14-13(17)15-11(3)12-7-6-10(2)18-12/h6-7,11H,4-5,8-9H2,1-3H3,(H2,14,15,17). The van der Waals surface area contributed by atoms with Crippen molar-refractivity contribution in [1.29, 1.82) is 0 Å². The Bertz CT molecular complexity index is 366. The number of aryl methyl sites for hydroxylation is 1. The monoisotopic (exact) mass is 286 g/mol. The fraction of sp³-hybridized carbons (Fsp3) is 0.615. The van der Waals surface area contributed by atoms with Gasteiger partial charge in [-0.3, -0.25) is 0 Å². The Morgan fingerprint density at radius 2 is 2.28 bits per heavy atom. The van der Waals surface area contributed by atoms with Crippen LogP contribution >= 0.6 is 23.6 Å². The molecule has 1 atom stereocenters. The van der Waals surface area contributed by atoms with Gasteiger partial charge in [0, 0.05) is 29.5 Å². The minimum atomic E-state index is 0.260. The third kappa shape index (κ3) is 5.80. The largest absolute Gasteiger partial charge is 0.382 e. The molecule has 0 bridgehead atoms. The van der Waals surface area contributed by atoms with E-state index in [0.29, 0.717) is 5.11 Å². The molecule has 3 nitrogen and oxygen atoms in total. The molecular weight excluding hydrogens is 264 g/mol. The first kappa shape index (κ1) is 15.4. The summed E-state index contributed by atoms with van der Waals surface area (Å²) in [7, 11) is 0. The number of nitrogens with one attached hydrogen (secondary N) is 2. The van der Waals surface area contributed by atoms with Gasteiger partial charge in [-0.15, -0.1) is 11.3 Å². The van der Waals surface area contributed by atoms with Crippen LogP contribution in [-0.2, 0) is 4.74 Å². The second-order valence-corrected chi connectivity index (χ2v) is 5.85. The van der Waals surface area contributed by atoms with E-state index < -0.39 is 0 Å². The molecule has 0 saturated heterocycles. The maximum Gasteiger partial charge on any atom is 0.166 e. The van der Waals surface area contributed by atoms with E-state index in [1.54, 1.807) is 11.3 Å². The number of thiocarbonyl (C=S) groups is 1. The van der Waals surface area contributed by atoms with Crippen molar-refractivity contribution in [3.05, 3.63) is 21.9 Å². The van der Waals surface area contributed by atoms with Crippen LogP contribution in [0, 0.1) is 6.92 Å². The van der Waals surface area contributed by atoms with E-state index in [0.717, 1.165) is 26.2 Å². The summed E-state index contributed by atoms with van der Waals surface area (Å²) in [6, 6.07) is 4.54. The highest BCUT2D eigenvalue weighted by atomic mass is 32.1. The second kappa shape index (κ2) is 8.45. The lowest BCUT2D eigenvalue weighted by atomic mass is 10.3. The Labute approximate surface area is 119 Å². The molecule has 1 heterocycles. The molecule has 18 heavy (non-hydrogen) atoms. The molecule has 0 radical (unpaired) electrons. The van der Waals surface area contributed by atoms with E-state index in [4.69, 9.17) is 17.0 Å². The van der Waals surface area contributed by atoms with Gasteiger partial charge in [0.1, 0.15) is 0 Å². The first-order valence-corrected chi connectivity index (χ1v) is 7.54. The highest BCUT2D eigenvalue weighted by molar-refractivity contribution is 7.80. The summed E-state index contributed by atoms with van der Waals surface area (Å²) in [6.45, 7) is 8.65. The molecule has 0 fully saturated rings. The maximum atomic E-state index is 5.27. The summed E-state index contributed by atoms with van der Waals surface area (Å²) >= 11 is 7.06. The Kier molecular flexibility index (Phi) is 7.23. The van der Waals surface area contributed by atoms with Crippen LogP contribution in [0.1, 0.15) is 36.1 Å². The second-order valence-electron chi connectivity index (χ2n) is 4.12. The molecule has 0 amide bonds. The van der Waals surface area contributed by atoms with Crippen LogP contribution in [-0.4, -0.2) is 24.9 Å². The molecule has 0 aliphatic carbocycles. The lowest BCUT2D eigenvalue weighted by Gasteiger charge is -2.15. The highest BCUT2D eigenvalue weighted by Gasteiger charge is 2.08. The molecule has 1 rings (SSSR count). The van der Waals surface area contributed by atoms with E-state index in [1.807, 2.05) is 6.92 Å². The Morgan fingerprint density at radius 3 is 2.89 bits per heavy atom. The van der Waals surface area contributed by atoms with Crippen LogP contribution in [0.5, 0.6) is 0 Å². The summed E-state index contributed by atoms with van der Waals surface area (Å²) in [4.78, 5) is 2.64. The Morgan fingerprint density at radius 1 is 1.50 bits per heavy atom. The average molecular weight is 286 g/mol. The zero-order valence-electron chi connectivity index (χ0n) is 11.3. The van der Waals surface area contributed by atoms with E-state index in [2.05, 4.69) is 36.6 Å². The summed E-state index contributed by atoms with van der Waals surface area (Å²) in [5.74, 6) is 0. The summed E-state index contributed by atoms with van der Waals surface area (Å²) in [5.41, 5.74) is 0. The van der Waals surface area contributed by atoms with Gasteiger partial charge < -0.3 is 15.4 Å².